The molecule has 0 aliphatic rings. The number of nitrogens with zero attached hydrogens (tertiary/aromatic N) is 3. The van der Waals surface area contributed by atoms with Gasteiger partial charge in [0.15, 0.2) is 5.82 Å². The van der Waals surface area contributed by atoms with Gasteiger partial charge in [-0.25, -0.2) is 14.4 Å². The van der Waals surface area contributed by atoms with E-state index in [0.29, 0.717) is 22.8 Å². The van der Waals surface area contributed by atoms with Crippen LogP contribution in [0.25, 0.3) is 5.70 Å². The highest BCUT2D eigenvalue weighted by atomic mass is 19.1. The van der Waals surface area contributed by atoms with E-state index in [1.165, 1.54) is 18.4 Å². The first-order chi connectivity index (χ1) is 12.5. The first kappa shape index (κ1) is 17.3. The molecule has 0 aliphatic heterocycles. The van der Waals surface area contributed by atoms with Gasteiger partial charge in [0, 0.05) is 29.9 Å². The Hall–Kier alpha value is -3.55. The minimum absolute atomic E-state index is 0.0377. The molecule has 2 aromatic heterocycles. The van der Waals surface area contributed by atoms with Crippen molar-refractivity contribution in [2.24, 2.45) is 0 Å². The van der Waals surface area contributed by atoms with Gasteiger partial charge in [0.2, 0.25) is 0 Å². The molecule has 0 saturated heterocycles. The van der Waals surface area contributed by atoms with Crippen LogP contribution in [0.5, 0.6) is 0 Å². The van der Waals surface area contributed by atoms with Gasteiger partial charge in [-0.3, -0.25) is 5.41 Å². The predicted octanol–water partition coefficient (Wildman–Crippen LogP) is 2.69. The molecule has 0 radical (unpaired) electrons. The van der Waals surface area contributed by atoms with Crippen LogP contribution in [0.3, 0.4) is 0 Å². The average molecular weight is 352 g/mol. The number of benzene rings is 1. The summed E-state index contributed by atoms with van der Waals surface area (Å²) >= 11 is 0. The van der Waals surface area contributed by atoms with Gasteiger partial charge in [0.1, 0.15) is 29.3 Å². The molecule has 3 aromatic rings. The Morgan fingerprint density at radius 2 is 2.15 bits per heavy atom. The van der Waals surface area contributed by atoms with E-state index < -0.39 is 0 Å². The largest absolute Gasteiger partial charge is 0.383 e. The fourth-order valence-corrected chi connectivity index (χ4v) is 2.19. The fourth-order valence-electron chi connectivity index (χ4n) is 2.19. The molecule has 0 atom stereocenters. The molecule has 4 N–H and O–H groups in total. The Morgan fingerprint density at radius 3 is 2.85 bits per heavy atom. The van der Waals surface area contributed by atoms with Crippen LogP contribution in [-0.2, 0) is 6.54 Å². The molecule has 26 heavy (non-hydrogen) atoms. The van der Waals surface area contributed by atoms with Crippen LogP contribution in [0.2, 0.25) is 0 Å². The molecule has 0 aliphatic carbocycles. The lowest BCUT2D eigenvalue weighted by atomic mass is 10.2. The predicted molar refractivity (Wildman–Crippen MR) is 95.7 cm³/mol. The normalized spacial score (nSPS) is 11.4. The van der Waals surface area contributed by atoms with E-state index >= 15 is 0 Å². The second-order valence-electron chi connectivity index (χ2n) is 5.56. The van der Waals surface area contributed by atoms with Gasteiger partial charge >= 0.3 is 0 Å². The van der Waals surface area contributed by atoms with Crippen molar-refractivity contribution in [1.29, 1.82) is 5.41 Å². The van der Waals surface area contributed by atoms with Gasteiger partial charge in [-0.05, 0) is 19.1 Å². The van der Waals surface area contributed by atoms with Crippen LogP contribution in [0.15, 0.2) is 53.4 Å². The van der Waals surface area contributed by atoms with E-state index in [2.05, 4.69) is 20.4 Å². The molecular weight excluding hydrogens is 335 g/mol. The number of aromatic nitrogens is 3. The molecule has 0 fully saturated rings. The molecule has 7 nitrogen and oxygen atoms in total. The minimum atomic E-state index is -0.316. The number of aryl methyl sites for hydroxylation is 1. The van der Waals surface area contributed by atoms with E-state index in [0.717, 1.165) is 5.56 Å². The molecular formula is C18H17FN6O. The standard InChI is InChI=1S/C18H17FN6O/c1-11-9-23-18(24-17(11)21)14(20)8-16(15-6-7-26-25-15)22-10-12-4-2-3-5-13(12)19/h2-9,20,22H,10H2,1H3,(H2,21,23,24)/b16-8-,20-14?. The van der Waals surface area contributed by atoms with Gasteiger partial charge in [-0.1, -0.05) is 23.4 Å². The van der Waals surface area contributed by atoms with Crippen molar-refractivity contribution in [3.05, 3.63) is 77.3 Å². The molecule has 132 valence electrons. The van der Waals surface area contributed by atoms with E-state index in [9.17, 15) is 4.39 Å². The van der Waals surface area contributed by atoms with Crippen molar-refractivity contribution in [2.75, 3.05) is 5.73 Å². The van der Waals surface area contributed by atoms with Crippen LogP contribution in [0.4, 0.5) is 10.2 Å². The summed E-state index contributed by atoms with van der Waals surface area (Å²) in [5, 5.41) is 15.2. The topological polar surface area (TPSA) is 114 Å². The number of nitrogens with two attached hydrogens (primary N) is 1. The third kappa shape index (κ3) is 3.92. The molecule has 1 aromatic carbocycles. The zero-order chi connectivity index (χ0) is 18.5. The van der Waals surface area contributed by atoms with Gasteiger partial charge in [0.05, 0.1) is 5.70 Å². The maximum Gasteiger partial charge on any atom is 0.179 e. The number of allylic oxidation sites excluding steroid dienone is 1. The maximum atomic E-state index is 13.8. The van der Waals surface area contributed by atoms with Crippen molar-refractivity contribution in [3.8, 4) is 0 Å². The van der Waals surface area contributed by atoms with Gasteiger partial charge in [-0.15, -0.1) is 0 Å². The number of nitrogens with one attached hydrogen (secondary N) is 2. The number of anilines is 1. The molecule has 3 rings (SSSR count). The van der Waals surface area contributed by atoms with Gasteiger partial charge in [-0.2, -0.15) is 0 Å². The van der Waals surface area contributed by atoms with Crippen molar-refractivity contribution in [3.63, 3.8) is 0 Å². The molecule has 2 heterocycles. The summed E-state index contributed by atoms with van der Waals surface area (Å²) < 4.78 is 18.7. The highest BCUT2D eigenvalue weighted by Crippen LogP contribution is 2.14. The highest BCUT2D eigenvalue weighted by molar-refractivity contribution is 6.07. The molecule has 8 heteroatoms. The van der Waals surface area contributed by atoms with E-state index in [4.69, 9.17) is 15.7 Å². The Bertz CT molecular complexity index is 952. The van der Waals surface area contributed by atoms with Crippen molar-refractivity contribution in [1.82, 2.24) is 20.4 Å². The smallest absolute Gasteiger partial charge is 0.179 e. The third-order valence-corrected chi connectivity index (χ3v) is 3.68. The van der Waals surface area contributed by atoms with E-state index in [1.54, 1.807) is 37.4 Å². The quantitative estimate of drug-likeness (QED) is 0.588. The Balaban J connectivity index is 1.86. The SMILES string of the molecule is Cc1cnc(C(=N)/C=C(\NCc2ccccc2F)c2ccon2)nc1N. The summed E-state index contributed by atoms with van der Waals surface area (Å²) in [6.07, 6.45) is 4.48. The lowest BCUT2D eigenvalue weighted by Crippen LogP contribution is -2.15. The third-order valence-electron chi connectivity index (χ3n) is 3.68. The fraction of sp³-hybridized carbons (Fsp3) is 0.111. The van der Waals surface area contributed by atoms with Crippen LogP contribution in [0, 0.1) is 18.2 Å². The van der Waals surface area contributed by atoms with Crippen LogP contribution in [0.1, 0.15) is 22.6 Å². The summed E-state index contributed by atoms with van der Waals surface area (Å²) in [7, 11) is 0. The molecule has 0 amide bonds. The monoisotopic (exact) mass is 352 g/mol. The minimum Gasteiger partial charge on any atom is -0.383 e. The number of hydrogen-bond donors (Lipinski definition) is 3. The van der Waals surface area contributed by atoms with Crippen molar-refractivity contribution < 1.29 is 8.91 Å². The summed E-state index contributed by atoms with van der Waals surface area (Å²) in [4.78, 5) is 8.22. The number of halogens is 1. The zero-order valence-corrected chi connectivity index (χ0v) is 14.0. The Labute approximate surface area is 149 Å². The maximum absolute atomic E-state index is 13.8. The van der Waals surface area contributed by atoms with Crippen molar-refractivity contribution in [2.45, 2.75) is 13.5 Å². The second-order valence-corrected chi connectivity index (χ2v) is 5.56. The molecule has 0 spiro atoms. The van der Waals surface area contributed by atoms with Crippen molar-refractivity contribution >= 4 is 17.2 Å². The first-order valence-corrected chi connectivity index (χ1v) is 7.82. The highest BCUT2D eigenvalue weighted by Gasteiger charge is 2.11. The first-order valence-electron chi connectivity index (χ1n) is 7.82. The van der Waals surface area contributed by atoms with E-state index in [-0.39, 0.29) is 23.9 Å². The van der Waals surface area contributed by atoms with Crippen LogP contribution < -0.4 is 11.1 Å². The molecule has 0 saturated carbocycles. The van der Waals surface area contributed by atoms with Gasteiger partial charge < -0.3 is 15.6 Å². The number of nitrogen functional groups attached to an aromatic ring is 1. The second kappa shape index (κ2) is 7.56. The summed E-state index contributed by atoms with van der Waals surface area (Å²) in [5.74, 6) is 0.182. The summed E-state index contributed by atoms with van der Waals surface area (Å²) in [6, 6.07) is 8.09. The Morgan fingerprint density at radius 1 is 1.35 bits per heavy atom. The molecule has 0 bridgehead atoms. The summed E-state index contributed by atoms with van der Waals surface area (Å²) in [5.41, 5.74) is 8.01. The summed E-state index contributed by atoms with van der Waals surface area (Å²) in [6.45, 7) is 2.00. The van der Waals surface area contributed by atoms with Crippen LogP contribution in [-0.4, -0.2) is 20.8 Å². The van der Waals surface area contributed by atoms with Crippen LogP contribution >= 0.6 is 0 Å². The van der Waals surface area contributed by atoms with Gasteiger partial charge in [0.25, 0.3) is 0 Å². The van der Waals surface area contributed by atoms with E-state index in [1.807, 2.05) is 0 Å². The number of rotatable bonds is 6. The lowest BCUT2D eigenvalue weighted by Gasteiger charge is -2.10. The molecule has 0 unspecified atom stereocenters. The average Bonchev–Trinajstić information content (AvgIpc) is 3.16. The number of hydrogen-bond acceptors (Lipinski definition) is 7. The zero-order valence-electron chi connectivity index (χ0n) is 14.0. The Kier molecular flexibility index (Phi) is 5.02. The lowest BCUT2D eigenvalue weighted by molar-refractivity contribution is 0.417.